The Hall–Kier alpha value is -1.73. The quantitative estimate of drug-likeness (QED) is 0.593. The molecule has 1 amide bonds. The van der Waals surface area contributed by atoms with Crippen molar-refractivity contribution in [3.63, 3.8) is 0 Å². The molecule has 0 aliphatic rings. The van der Waals surface area contributed by atoms with Crippen molar-refractivity contribution in [1.29, 1.82) is 0 Å². The van der Waals surface area contributed by atoms with Gasteiger partial charge in [0.25, 0.3) is 0 Å². The lowest BCUT2D eigenvalue weighted by Gasteiger charge is -2.12. The molecule has 2 rings (SSSR count). The second kappa shape index (κ2) is 5.94. The third-order valence-corrected chi connectivity index (χ3v) is 3.54. The number of aromatic amines is 1. The second-order valence-corrected chi connectivity index (χ2v) is 5.54. The zero-order chi connectivity index (χ0) is 13.8. The summed E-state index contributed by atoms with van der Waals surface area (Å²) in [6.07, 6.45) is 1.39. The van der Waals surface area contributed by atoms with Gasteiger partial charge < -0.3 is 11.1 Å². The topological polar surface area (TPSA) is 96.7 Å². The fraction of sp³-hybridized carbons (Fsp3) is 0.182. The van der Waals surface area contributed by atoms with Gasteiger partial charge in [0.05, 0.1) is 16.6 Å². The van der Waals surface area contributed by atoms with Gasteiger partial charge in [-0.1, -0.05) is 23.4 Å². The summed E-state index contributed by atoms with van der Waals surface area (Å²) in [5.74, 6) is -0.171. The molecule has 100 valence electrons. The summed E-state index contributed by atoms with van der Waals surface area (Å²) >= 11 is 7.07. The first-order valence-electron chi connectivity index (χ1n) is 5.44. The molecule has 1 atom stereocenters. The number of nitrogens with one attached hydrogen (secondary N) is 2. The Kier molecular flexibility index (Phi) is 4.28. The largest absolute Gasteiger partial charge is 0.397 e. The summed E-state index contributed by atoms with van der Waals surface area (Å²) in [7, 11) is 0. The minimum Gasteiger partial charge on any atom is -0.397 e. The summed E-state index contributed by atoms with van der Waals surface area (Å²) < 4.78 is 0. The molecule has 6 nitrogen and oxygen atoms in total. The van der Waals surface area contributed by atoms with E-state index in [-0.39, 0.29) is 11.2 Å². The zero-order valence-corrected chi connectivity index (χ0v) is 11.6. The van der Waals surface area contributed by atoms with Crippen LogP contribution < -0.4 is 11.1 Å². The first-order chi connectivity index (χ1) is 9.06. The molecular weight excluding hydrogens is 286 g/mol. The number of carbonyl (C=O) groups excluding carboxylic acids is 1. The molecule has 0 bridgehead atoms. The number of nitrogens with two attached hydrogens (primary N) is 1. The van der Waals surface area contributed by atoms with Gasteiger partial charge in [-0.3, -0.25) is 9.89 Å². The molecule has 1 aromatic heterocycles. The molecule has 0 saturated carbocycles. The van der Waals surface area contributed by atoms with Crippen LogP contribution in [0.3, 0.4) is 0 Å². The van der Waals surface area contributed by atoms with Crippen LogP contribution in [0.1, 0.15) is 6.92 Å². The molecule has 1 aromatic carbocycles. The summed E-state index contributed by atoms with van der Waals surface area (Å²) in [5.41, 5.74) is 6.74. The van der Waals surface area contributed by atoms with Gasteiger partial charge in [-0.05, 0) is 25.1 Å². The van der Waals surface area contributed by atoms with Crippen molar-refractivity contribution < 1.29 is 4.79 Å². The fourth-order valence-corrected chi connectivity index (χ4v) is 2.25. The van der Waals surface area contributed by atoms with Crippen molar-refractivity contribution >= 4 is 40.6 Å². The number of hydrogen-bond donors (Lipinski definition) is 3. The number of rotatable bonds is 4. The normalized spacial score (nSPS) is 12.1. The van der Waals surface area contributed by atoms with Gasteiger partial charge in [0.1, 0.15) is 6.33 Å². The van der Waals surface area contributed by atoms with Gasteiger partial charge in [-0.2, -0.15) is 5.10 Å². The molecule has 0 aliphatic carbocycles. The van der Waals surface area contributed by atoms with Gasteiger partial charge in [0.15, 0.2) is 5.16 Å². The van der Waals surface area contributed by atoms with E-state index in [0.29, 0.717) is 21.6 Å². The van der Waals surface area contributed by atoms with E-state index >= 15 is 0 Å². The molecular formula is C11H12ClN5OS. The molecule has 0 aliphatic heterocycles. The number of aromatic nitrogens is 3. The predicted molar refractivity (Wildman–Crippen MR) is 76.2 cm³/mol. The molecule has 0 fully saturated rings. The minimum atomic E-state index is -0.331. The number of nitrogens with zero attached hydrogens (tertiary/aromatic N) is 2. The lowest BCUT2D eigenvalue weighted by molar-refractivity contribution is -0.115. The van der Waals surface area contributed by atoms with Crippen molar-refractivity contribution in [2.75, 3.05) is 11.1 Å². The van der Waals surface area contributed by atoms with Gasteiger partial charge >= 0.3 is 0 Å². The minimum absolute atomic E-state index is 0.171. The van der Waals surface area contributed by atoms with E-state index < -0.39 is 0 Å². The van der Waals surface area contributed by atoms with Crippen molar-refractivity contribution in [1.82, 2.24) is 15.2 Å². The standard InChI is InChI=1S/C11H12ClN5OS/c1-6(19-11-14-5-15-17-11)10(18)16-9-3-2-7(12)4-8(9)13/h2-6H,13H2,1H3,(H,16,18)(H,14,15,17). The smallest absolute Gasteiger partial charge is 0.237 e. The molecule has 0 saturated heterocycles. The van der Waals surface area contributed by atoms with Gasteiger partial charge in [-0.25, -0.2) is 4.98 Å². The lowest BCUT2D eigenvalue weighted by Crippen LogP contribution is -2.23. The van der Waals surface area contributed by atoms with Crippen LogP contribution in [0.25, 0.3) is 0 Å². The number of thioether (sulfide) groups is 1. The summed E-state index contributed by atoms with van der Waals surface area (Å²) in [5, 5.41) is 9.93. The highest BCUT2D eigenvalue weighted by Gasteiger charge is 2.16. The molecule has 1 unspecified atom stereocenters. The lowest BCUT2D eigenvalue weighted by atomic mass is 10.2. The van der Waals surface area contributed by atoms with Gasteiger partial charge in [0, 0.05) is 5.02 Å². The summed E-state index contributed by atoms with van der Waals surface area (Å²) in [4.78, 5) is 15.9. The highest BCUT2D eigenvalue weighted by Crippen LogP contribution is 2.25. The maximum atomic E-state index is 12.0. The van der Waals surface area contributed by atoms with E-state index in [1.54, 1.807) is 25.1 Å². The highest BCUT2D eigenvalue weighted by atomic mass is 35.5. The van der Waals surface area contributed by atoms with Crippen LogP contribution in [-0.2, 0) is 4.79 Å². The van der Waals surface area contributed by atoms with E-state index in [2.05, 4.69) is 20.5 Å². The molecule has 1 heterocycles. The second-order valence-electron chi connectivity index (χ2n) is 3.77. The van der Waals surface area contributed by atoms with E-state index in [9.17, 15) is 4.79 Å². The number of carbonyl (C=O) groups is 1. The average molecular weight is 298 g/mol. The number of hydrogen-bond acceptors (Lipinski definition) is 5. The SMILES string of the molecule is CC(Sc1ncn[nH]1)C(=O)Nc1ccc(Cl)cc1N. The third-order valence-electron chi connectivity index (χ3n) is 2.32. The first kappa shape index (κ1) is 13.7. The highest BCUT2D eigenvalue weighted by molar-refractivity contribution is 8.00. The van der Waals surface area contributed by atoms with Crippen molar-refractivity contribution in [2.24, 2.45) is 0 Å². The van der Waals surface area contributed by atoms with Crippen LogP contribution in [0, 0.1) is 0 Å². The van der Waals surface area contributed by atoms with E-state index in [0.717, 1.165) is 0 Å². The third kappa shape index (κ3) is 3.62. The predicted octanol–water partition coefficient (Wildman–Crippen LogP) is 2.16. The number of anilines is 2. The molecule has 0 spiro atoms. The Morgan fingerprint density at radius 2 is 2.37 bits per heavy atom. The Bertz CT molecular complexity index is 574. The van der Waals surface area contributed by atoms with Crippen molar-refractivity contribution in [3.05, 3.63) is 29.5 Å². The van der Waals surface area contributed by atoms with Crippen LogP contribution in [0.4, 0.5) is 11.4 Å². The number of amides is 1. The van der Waals surface area contributed by atoms with Crippen LogP contribution in [0.2, 0.25) is 5.02 Å². The van der Waals surface area contributed by atoms with Crippen LogP contribution >= 0.6 is 23.4 Å². The number of H-pyrrole nitrogens is 1. The van der Waals surface area contributed by atoms with Crippen molar-refractivity contribution in [3.8, 4) is 0 Å². The number of halogens is 1. The van der Waals surface area contributed by atoms with Crippen LogP contribution in [0.5, 0.6) is 0 Å². The Balaban J connectivity index is 2.00. The van der Waals surface area contributed by atoms with E-state index in [1.165, 1.54) is 18.1 Å². The molecule has 8 heteroatoms. The molecule has 4 N–H and O–H groups in total. The zero-order valence-electron chi connectivity index (χ0n) is 10.1. The molecule has 19 heavy (non-hydrogen) atoms. The number of benzene rings is 1. The van der Waals surface area contributed by atoms with E-state index in [1.807, 2.05) is 0 Å². The molecule has 2 aromatic rings. The monoisotopic (exact) mass is 297 g/mol. The van der Waals surface area contributed by atoms with Gasteiger partial charge in [-0.15, -0.1) is 0 Å². The Morgan fingerprint density at radius 3 is 3.00 bits per heavy atom. The summed E-state index contributed by atoms with van der Waals surface area (Å²) in [6.45, 7) is 1.77. The van der Waals surface area contributed by atoms with Crippen LogP contribution in [-0.4, -0.2) is 26.3 Å². The van der Waals surface area contributed by atoms with Crippen LogP contribution in [0.15, 0.2) is 29.7 Å². The van der Waals surface area contributed by atoms with E-state index in [4.69, 9.17) is 17.3 Å². The Labute approximate surface area is 119 Å². The Morgan fingerprint density at radius 1 is 1.58 bits per heavy atom. The molecule has 0 radical (unpaired) electrons. The maximum absolute atomic E-state index is 12.0. The maximum Gasteiger partial charge on any atom is 0.237 e. The van der Waals surface area contributed by atoms with Gasteiger partial charge in [0.2, 0.25) is 5.91 Å². The first-order valence-corrected chi connectivity index (χ1v) is 6.70. The fourth-order valence-electron chi connectivity index (χ4n) is 1.35. The summed E-state index contributed by atoms with van der Waals surface area (Å²) in [6, 6.07) is 4.93. The number of nitrogen functional groups attached to an aromatic ring is 1. The average Bonchev–Trinajstić information content (AvgIpc) is 2.85. The van der Waals surface area contributed by atoms with Crippen molar-refractivity contribution in [2.45, 2.75) is 17.3 Å².